The van der Waals surface area contributed by atoms with Crippen molar-refractivity contribution in [2.75, 3.05) is 50.0 Å². The van der Waals surface area contributed by atoms with Gasteiger partial charge in [-0.1, -0.05) is 12.1 Å². The molecule has 0 amide bonds. The minimum atomic E-state index is 0.467. The van der Waals surface area contributed by atoms with E-state index in [-0.39, 0.29) is 0 Å². The molecule has 124 valence electrons. The lowest BCUT2D eigenvalue weighted by atomic mass is 10.2. The molecule has 0 bridgehead atoms. The van der Waals surface area contributed by atoms with E-state index in [1.807, 2.05) is 24.3 Å². The van der Waals surface area contributed by atoms with E-state index in [2.05, 4.69) is 31.6 Å². The summed E-state index contributed by atoms with van der Waals surface area (Å²) < 4.78 is 5.34. The molecule has 1 saturated heterocycles. The fraction of sp³-hybridized carbons (Fsp3) is 0.353. The summed E-state index contributed by atoms with van der Waals surface area (Å²) in [6.45, 7) is 5.32. The van der Waals surface area contributed by atoms with Crippen LogP contribution in [0.4, 0.5) is 17.5 Å². The van der Waals surface area contributed by atoms with Crippen LogP contribution in [-0.2, 0) is 4.74 Å². The normalized spacial score (nSPS) is 14.8. The quantitative estimate of drug-likeness (QED) is 0.838. The largest absolute Gasteiger partial charge is 0.379 e. The zero-order valence-corrected chi connectivity index (χ0v) is 13.4. The summed E-state index contributed by atoms with van der Waals surface area (Å²) in [7, 11) is 0. The predicted molar refractivity (Wildman–Crippen MR) is 92.2 cm³/mol. The zero-order valence-electron chi connectivity index (χ0n) is 13.4. The van der Waals surface area contributed by atoms with Crippen molar-refractivity contribution in [2.24, 2.45) is 0 Å². The maximum Gasteiger partial charge on any atom is 0.229 e. The zero-order chi connectivity index (χ0) is 16.6. The number of hydrogen-bond donors (Lipinski definition) is 2. The van der Waals surface area contributed by atoms with Crippen molar-refractivity contribution in [3.05, 3.63) is 42.1 Å². The lowest BCUT2D eigenvalue weighted by Crippen LogP contribution is -2.39. The molecule has 1 fully saturated rings. The Hall–Kier alpha value is -2.69. The summed E-state index contributed by atoms with van der Waals surface area (Å²) >= 11 is 0. The van der Waals surface area contributed by atoms with E-state index < -0.39 is 0 Å². The minimum absolute atomic E-state index is 0.467. The Kier molecular flexibility index (Phi) is 5.56. The van der Waals surface area contributed by atoms with Crippen molar-refractivity contribution in [3.8, 4) is 6.07 Å². The van der Waals surface area contributed by atoms with Gasteiger partial charge in [0.15, 0.2) is 0 Å². The maximum atomic E-state index is 9.13. The van der Waals surface area contributed by atoms with Crippen molar-refractivity contribution in [2.45, 2.75) is 0 Å². The van der Waals surface area contributed by atoms with Crippen LogP contribution in [-0.4, -0.2) is 54.3 Å². The van der Waals surface area contributed by atoms with Gasteiger partial charge in [-0.15, -0.1) is 0 Å². The number of hydrogen-bond acceptors (Lipinski definition) is 7. The summed E-state index contributed by atoms with van der Waals surface area (Å²) in [4.78, 5) is 11.0. The monoisotopic (exact) mass is 324 g/mol. The van der Waals surface area contributed by atoms with E-state index in [1.54, 1.807) is 12.3 Å². The molecule has 0 aliphatic carbocycles. The van der Waals surface area contributed by atoms with E-state index in [0.29, 0.717) is 17.2 Å². The van der Waals surface area contributed by atoms with Gasteiger partial charge in [0, 0.05) is 32.4 Å². The fourth-order valence-corrected chi connectivity index (χ4v) is 2.49. The van der Waals surface area contributed by atoms with Crippen molar-refractivity contribution < 1.29 is 4.74 Å². The number of para-hydroxylation sites is 1. The molecule has 7 heteroatoms. The van der Waals surface area contributed by atoms with Crippen LogP contribution in [0.5, 0.6) is 0 Å². The molecule has 0 atom stereocenters. The summed E-state index contributed by atoms with van der Waals surface area (Å²) in [5.41, 5.74) is 1.26. The lowest BCUT2D eigenvalue weighted by Gasteiger charge is -2.26. The van der Waals surface area contributed by atoms with Crippen LogP contribution in [0.1, 0.15) is 5.56 Å². The number of morpholine rings is 1. The second-order valence-electron chi connectivity index (χ2n) is 5.43. The van der Waals surface area contributed by atoms with Crippen LogP contribution in [0.25, 0.3) is 0 Å². The number of aromatic nitrogens is 2. The third-order valence-electron chi connectivity index (χ3n) is 3.79. The van der Waals surface area contributed by atoms with Gasteiger partial charge in [0.2, 0.25) is 5.95 Å². The molecular formula is C17H20N6O. The molecular weight excluding hydrogens is 304 g/mol. The molecule has 0 radical (unpaired) electrons. The Balaban J connectivity index is 1.56. The molecule has 1 aliphatic rings. The standard InChI is InChI=1S/C17H20N6O/c18-13-14-3-1-2-4-15(14)21-17-20-6-5-16(22-17)19-7-8-23-9-11-24-12-10-23/h1-6H,7-12H2,(H2,19,20,21,22). The Morgan fingerprint density at radius 2 is 2.04 bits per heavy atom. The number of benzene rings is 1. The van der Waals surface area contributed by atoms with Gasteiger partial charge in [-0.3, -0.25) is 4.90 Å². The molecule has 2 aromatic rings. The summed E-state index contributed by atoms with van der Waals surface area (Å²) in [5.74, 6) is 1.23. The second kappa shape index (κ2) is 8.24. The van der Waals surface area contributed by atoms with Crippen molar-refractivity contribution >= 4 is 17.5 Å². The van der Waals surface area contributed by atoms with Gasteiger partial charge in [0.1, 0.15) is 11.9 Å². The molecule has 1 aromatic heterocycles. The van der Waals surface area contributed by atoms with E-state index in [9.17, 15) is 0 Å². The Morgan fingerprint density at radius 3 is 2.88 bits per heavy atom. The molecule has 0 saturated carbocycles. The number of nitriles is 1. The van der Waals surface area contributed by atoms with E-state index in [0.717, 1.165) is 45.2 Å². The van der Waals surface area contributed by atoms with Gasteiger partial charge in [-0.2, -0.15) is 10.2 Å². The Bertz CT molecular complexity index is 708. The molecule has 7 nitrogen and oxygen atoms in total. The van der Waals surface area contributed by atoms with E-state index in [4.69, 9.17) is 10.00 Å². The predicted octanol–water partition coefficient (Wildman–Crippen LogP) is 1.84. The third-order valence-corrected chi connectivity index (χ3v) is 3.79. The van der Waals surface area contributed by atoms with Crippen LogP contribution in [0.15, 0.2) is 36.5 Å². The SMILES string of the molecule is N#Cc1ccccc1Nc1nccc(NCCN2CCOCC2)n1. The topological polar surface area (TPSA) is 86.1 Å². The van der Waals surface area contributed by atoms with Crippen LogP contribution >= 0.6 is 0 Å². The third kappa shape index (κ3) is 4.41. The average molecular weight is 324 g/mol. The van der Waals surface area contributed by atoms with E-state index in [1.165, 1.54) is 0 Å². The second-order valence-corrected chi connectivity index (χ2v) is 5.43. The molecule has 1 aromatic carbocycles. The Labute approximate surface area is 141 Å². The first-order valence-electron chi connectivity index (χ1n) is 7.98. The van der Waals surface area contributed by atoms with Crippen LogP contribution in [0, 0.1) is 11.3 Å². The molecule has 24 heavy (non-hydrogen) atoms. The number of anilines is 3. The van der Waals surface area contributed by atoms with E-state index >= 15 is 0 Å². The lowest BCUT2D eigenvalue weighted by molar-refractivity contribution is 0.0398. The molecule has 0 spiro atoms. The van der Waals surface area contributed by atoms with Crippen molar-refractivity contribution in [3.63, 3.8) is 0 Å². The van der Waals surface area contributed by atoms with Crippen molar-refractivity contribution in [1.82, 2.24) is 14.9 Å². The number of rotatable bonds is 6. The molecule has 1 aliphatic heterocycles. The first-order valence-corrected chi connectivity index (χ1v) is 7.98. The molecule has 2 heterocycles. The number of nitrogens with zero attached hydrogens (tertiary/aromatic N) is 4. The minimum Gasteiger partial charge on any atom is -0.379 e. The smallest absolute Gasteiger partial charge is 0.229 e. The van der Waals surface area contributed by atoms with Gasteiger partial charge in [0.05, 0.1) is 24.5 Å². The van der Waals surface area contributed by atoms with Gasteiger partial charge >= 0.3 is 0 Å². The maximum absolute atomic E-state index is 9.13. The van der Waals surface area contributed by atoms with Gasteiger partial charge in [0.25, 0.3) is 0 Å². The van der Waals surface area contributed by atoms with Crippen molar-refractivity contribution in [1.29, 1.82) is 5.26 Å². The summed E-state index contributed by atoms with van der Waals surface area (Å²) in [5, 5.41) is 15.5. The molecule has 2 N–H and O–H groups in total. The number of ether oxygens (including phenoxy) is 1. The average Bonchev–Trinajstić information content (AvgIpc) is 2.63. The van der Waals surface area contributed by atoms with Gasteiger partial charge in [-0.25, -0.2) is 4.98 Å². The van der Waals surface area contributed by atoms with Crippen LogP contribution < -0.4 is 10.6 Å². The highest BCUT2D eigenvalue weighted by molar-refractivity contribution is 5.63. The highest BCUT2D eigenvalue weighted by Crippen LogP contribution is 2.18. The molecule has 3 rings (SSSR count). The van der Waals surface area contributed by atoms with Gasteiger partial charge in [-0.05, 0) is 18.2 Å². The highest BCUT2D eigenvalue weighted by Gasteiger charge is 2.09. The Morgan fingerprint density at radius 1 is 1.21 bits per heavy atom. The summed E-state index contributed by atoms with van der Waals surface area (Å²) in [6, 6.07) is 11.3. The fourth-order valence-electron chi connectivity index (χ4n) is 2.49. The first kappa shape index (κ1) is 16.2. The van der Waals surface area contributed by atoms with Gasteiger partial charge < -0.3 is 15.4 Å². The van der Waals surface area contributed by atoms with Crippen LogP contribution in [0.3, 0.4) is 0 Å². The molecule has 0 unspecified atom stereocenters. The van der Waals surface area contributed by atoms with Crippen LogP contribution in [0.2, 0.25) is 0 Å². The highest BCUT2D eigenvalue weighted by atomic mass is 16.5. The number of nitrogens with one attached hydrogen (secondary N) is 2. The first-order chi connectivity index (χ1) is 11.8. The summed E-state index contributed by atoms with van der Waals surface area (Å²) in [6.07, 6.45) is 1.70.